The summed E-state index contributed by atoms with van der Waals surface area (Å²) in [5.41, 5.74) is 0. The minimum Gasteiger partial charge on any atom is -0.445 e. The monoisotopic (exact) mass is 222 g/mol. The standard InChI is InChI=1S/C7H14N2O4S/c1-6(10)13-7-4-2-3-5-9(7)14(8,11)12/h7H,2-5H2,1H3,(H2,8,11,12). The fraction of sp³-hybridized carbons (Fsp3) is 0.857. The van der Waals surface area contributed by atoms with Crippen molar-refractivity contribution >= 4 is 16.2 Å². The number of carbonyl (C=O) groups excluding carboxylic acids is 1. The zero-order chi connectivity index (χ0) is 10.8. The van der Waals surface area contributed by atoms with Crippen LogP contribution in [0.25, 0.3) is 0 Å². The zero-order valence-electron chi connectivity index (χ0n) is 7.97. The fourth-order valence-electron chi connectivity index (χ4n) is 1.47. The molecule has 1 unspecified atom stereocenters. The normalized spacial score (nSPS) is 24.6. The summed E-state index contributed by atoms with van der Waals surface area (Å²) in [6, 6.07) is 0. The average Bonchev–Trinajstić information content (AvgIpc) is 2.01. The lowest BCUT2D eigenvalue weighted by molar-refractivity contribution is -0.154. The van der Waals surface area contributed by atoms with Crippen molar-refractivity contribution in [2.45, 2.75) is 32.4 Å². The van der Waals surface area contributed by atoms with Crippen LogP contribution in [0.15, 0.2) is 0 Å². The Morgan fingerprint density at radius 1 is 1.50 bits per heavy atom. The lowest BCUT2D eigenvalue weighted by Crippen LogP contribution is -2.48. The number of esters is 1. The van der Waals surface area contributed by atoms with E-state index in [1.165, 1.54) is 6.92 Å². The van der Waals surface area contributed by atoms with Crippen LogP contribution in [0.2, 0.25) is 0 Å². The van der Waals surface area contributed by atoms with Crippen molar-refractivity contribution in [3.8, 4) is 0 Å². The molecule has 1 aliphatic rings. The molecule has 1 atom stereocenters. The lowest BCUT2D eigenvalue weighted by atomic mass is 10.1. The van der Waals surface area contributed by atoms with E-state index in [1.807, 2.05) is 0 Å². The summed E-state index contributed by atoms with van der Waals surface area (Å²) in [6.07, 6.45) is 1.37. The SMILES string of the molecule is CC(=O)OC1CCCCN1S(N)(=O)=O. The van der Waals surface area contributed by atoms with E-state index in [4.69, 9.17) is 9.88 Å². The van der Waals surface area contributed by atoms with Gasteiger partial charge in [-0.3, -0.25) is 4.79 Å². The van der Waals surface area contributed by atoms with Gasteiger partial charge in [0.15, 0.2) is 6.23 Å². The molecule has 14 heavy (non-hydrogen) atoms. The van der Waals surface area contributed by atoms with Crippen molar-refractivity contribution < 1.29 is 17.9 Å². The second kappa shape index (κ2) is 4.24. The first-order chi connectivity index (χ1) is 6.41. The van der Waals surface area contributed by atoms with Crippen molar-refractivity contribution in [2.24, 2.45) is 5.14 Å². The maximum atomic E-state index is 11.1. The minimum atomic E-state index is -3.76. The van der Waals surface area contributed by atoms with Crippen LogP contribution in [0, 0.1) is 0 Å². The predicted molar refractivity (Wildman–Crippen MR) is 49.2 cm³/mol. The van der Waals surface area contributed by atoms with Gasteiger partial charge in [-0.15, -0.1) is 0 Å². The van der Waals surface area contributed by atoms with Crippen LogP contribution in [0.1, 0.15) is 26.2 Å². The highest BCUT2D eigenvalue weighted by Gasteiger charge is 2.31. The Balaban J connectivity index is 2.74. The van der Waals surface area contributed by atoms with Crippen LogP contribution in [0.5, 0.6) is 0 Å². The second-order valence-corrected chi connectivity index (χ2v) is 4.71. The van der Waals surface area contributed by atoms with Gasteiger partial charge < -0.3 is 4.74 Å². The van der Waals surface area contributed by atoms with E-state index in [0.29, 0.717) is 13.0 Å². The molecule has 0 aliphatic carbocycles. The smallest absolute Gasteiger partial charge is 0.304 e. The van der Waals surface area contributed by atoms with Gasteiger partial charge in [-0.2, -0.15) is 12.7 Å². The Labute approximate surface area is 83.2 Å². The van der Waals surface area contributed by atoms with Crippen LogP contribution >= 0.6 is 0 Å². The molecule has 1 rings (SSSR count). The number of hydrogen-bond acceptors (Lipinski definition) is 4. The molecule has 0 spiro atoms. The van der Waals surface area contributed by atoms with Gasteiger partial charge in [-0.05, 0) is 19.3 Å². The molecule has 6 nitrogen and oxygen atoms in total. The number of rotatable bonds is 2. The number of piperidine rings is 1. The molecule has 1 aliphatic heterocycles. The van der Waals surface area contributed by atoms with E-state index in [0.717, 1.165) is 17.1 Å². The topological polar surface area (TPSA) is 89.7 Å². The summed E-state index contributed by atoms with van der Waals surface area (Å²) in [5, 5.41) is 4.98. The van der Waals surface area contributed by atoms with E-state index in [1.54, 1.807) is 0 Å². The highest BCUT2D eigenvalue weighted by atomic mass is 32.2. The van der Waals surface area contributed by atoms with Gasteiger partial charge in [-0.1, -0.05) is 0 Å². The molecule has 0 saturated carbocycles. The highest BCUT2D eigenvalue weighted by molar-refractivity contribution is 7.86. The molecule has 0 amide bonds. The molecular weight excluding hydrogens is 208 g/mol. The van der Waals surface area contributed by atoms with E-state index in [2.05, 4.69) is 0 Å². The minimum absolute atomic E-state index is 0.316. The average molecular weight is 222 g/mol. The summed E-state index contributed by atoms with van der Waals surface area (Å²) in [4.78, 5) is 10.7. The van der Waals surface area contributed by atoms with Gasteiger partial charge in [0.1, 0.15) is 0 Å². The van der Waals surface area contributed by atoms with Crippen LogP contribution in [0.4, 0.5) is 0 Å². The highest BCUT2D eigenvalue weighted by Crippen LogP contribution is 2.19. The van der Waals surface area contributed by atoms with Crippen molar-refractivity contribution in [3.05, 3.63) is 0 Å². The third-order valence-electron chi connectivity index (χ3n) is 2.03. The first kappa shape index (κ1) is 11.4. The Kier molecular flexibility index (Phi) is 3.46. The van der Waals surface area contributed by atoms with Crippen molar-refractivity contribution in [2.75, 3.05) is 6.54 Å². The molecule has 0 aromatic carbocycles. The third-order valence-corrected chi connectivity index (χ3v) is 3.10. The molecule has 7 heteroatoms. The molecule has 1 saturated heterocycles. The molecule has 1 fully saturated rings. The van der Waals surface area contributed by atoms with Crippen LogP contribution in [-0.4, -0.2) is 31.5 Å². The third kappa shape index (κ3) is 2.93. The number of hydrogen-bond donors (Lipinski definition) is 1. The quantitative estimate of drug-likeness (QED) is 0.642. The van der Waals surface area contributed by atoms with Gasteiger partial charge in [0.25, 0.3) is 10.2 Å². The molecule has 2 N–H and O–H groups in total. The number of ether oxygens (including phenoxy) is 1. The Morgan fingerprint density at radius 3 is 2.64 bits per heavy atom. The summed E-state index contributed by atoms with van der Waals surface area (Å²) >= 11 is 0. The molecule has 0 aromatic heterocycles. The Hall–Kier alpha value is -0.660. The molecule has 1 heterocycles. The van der Waals surface area contributed by atoms with E-state index >= 15 is 0 Å². The second-order valence-electron chi connectivity index (χ2n) is 3.22. The van der Waals surface area contributed by atoms with Crippen molar-refractivity contribution in [1.29, 1.82) is 0 Å². The maximum absolute atomic E-state index is 11.1. The zero-order valence-corrected chi connectivity index (χ0v) is 8.79. The van der Waals surface area contributed by atoms with E-state index in [-0.39, 0.29) is 0 Å². The first-order valence-corrected chi connectivity index (χ1v) is 5.88. The van der Waals surface area contributed by atoms with Gasteiger partial charge in [0.05, 0.1) is 0 Å². The van der Waals surface area contributed by atoms with Crippen LogP contribution < -0.4 is 5.14 Å². The molecular formula is C7H14N2O4S. The van der Waals surface area contributed by atoms with Crippen molar-refractivity contribution in [1.82, 2.24) is 4.31 Å². The lowest BCUT2D eigenvalue weighted by Gasteiger charge is -2.31. The maximum Gasteiger partial charge on any atom is 0.304 e. The number of nitrogens with two attached hydrogens (primary N) is 1. The summed E-state index contributed by atoms with van der Waals surface area (Å²) in [5.74, 6) is -0.495. The number of carbonyl (C=O) groups is 1. The molecule has 0 radical (unpaired) electrons. The van der Waals surface area contributed by atoms with Gasteiger partial charge in [0, 0.05) is 13.5 Å². The van der Waals surface area contributed by atoms with E-state index < -0.39 is 22.4 Å². The van der Waals surface area contributed by atoms with Gasteiger partial charge >= 0.3 is 5.97 Å². The molecule has 0 aromatic rings. The van der Waals surface area contributed by atoms with Crippen LogP contribution in [-0.2, 0) is 19.7 Å². The Bertz CT molecular complexity index is 314. The molecule has 0 bridgehead atoms. The Morgan fingerprint density at radius 2 is 2.14 bits per heavy atom. The summed E-state index contributed by atoms with van der Waals surface area (Å²) < 4.78 is 28.1. The van der Waals surface area contributed by atoms with Crippen LogP contribution in [0.3, 0.4) is 0 Å². The predicted octanol–water partition coefficient (Wildman–Crippen LogP) is -0.435. The summed E-state index contributed by atoms with van der Waals surface area (Å²) in [7, 11) is -3.76. The van der Waals surface area contributed by atoms with E-state index in [9.17, 15) is 13.2 Å². The van der Waals surface area contributed by atoms with Crippen molar-refractivity contribution in [3.63, 3.8) is 0 Å². The summed E-state index contributed by atoms with van der Waals surface area (Å²) in [6.45, 7) is 1.56. The fourth-order valence-corrected chi connectivity index (χ4v) is 2.33. The van der Waals surface area contributed by atoms with Gasteiger partial charge in [0.2, 0.25) is 0 Å². The number of nitrogens with zero attached hydrogens (tertiary/aromatic N) is 1. The first-order valence-electron chi connectivity index (χ1n) is 4.38. The molecule has 82 valence electrons. The van der Waals surface area contributed by atoms with Gasteiger partial charge in [-0.25, -0.2) is 5.14 Å². The largest absolute Gasteiger partial charge is 0.445 e.